The highest BCUT2D eigenvalue weighted by Gasteiger charge is 2.49. The maximum atomic E-state index is 12.9. The molecule has 0 spiro atoms. The standard InChI is InChI=1S/C21H21F2N3O4/c1-3-13-6-4-5-7-16(13)24-17(27)12-26-18(28)21(2,25-20(26)29)14-8-10-15(11-9-14)30-19(22)23/h4-11,19H,3,12H2,1-2H3,(H,24,27)(H,25,29)/t21-/m0/s1. The number of urea groups is 1. The van der Waals surface area contributed by atoms with Crippen LogP contribution in [0.5, 0.6) is 5.75 Å². The summed E-state index contributed by atoms with van der Waals surface area (Å²) in [5.41, 5.74) is 0.498. The van der Waals surface area contributed by atoms with E-state index in [9.17, 15) is 23.2 Å². The van der Waals surface area contributed by atoms with E-state index in [4.69, 9.17) is 0 Å². The Labute approximate surface area is 172 Å². The summed E-state index contributed by atoms with van der Waals surface area (Å²) in [6.45, 7) is 0.0164. The molecule has 3 rings (SSSR count). The van der Waals surface area contributed by atoms with Gasteiger partial charge in [0, 0.05) is 5.69 Å². The highest BCUT2D eigenvalue weighted by atomic mass is 19.3. The van der Waals surface area contributed by atoms with Crippen LogP contribution in [0.1, 0.15) is 25.0 Å². The number of benzene rings is 2. The number of aryl methyl sites for hydroxylation is 1. The number of hydrogen-bond acceptors (Lipinski definition) is 4. The summed E-state index contributed by atoms with van der Waals surface area (Å²) in [5, 5.41) is 5.29. The van der Waals surface area contributed by atoms with E-state index in [-0.39, 0.29) is 5.75 Å². The molecule has 158 valence electrons. The number of carbonyl (C=O) groups is 3. The Morgan fingerprint density at radius 1 is 1.17 bits per heavy atom. The van der Waals surface area contributed by atoms with Gasteiger partial charge in [0.2, 0.25) is 5.91 Å². The molecule has 0 unspecified atom stereocenters. The summed E-state index contributed by atoms with van der Waals surface area (Å²) in [6, 6.07) is 11.9. The number of nitrogens with zero attached hydrogens (tertiary/aromatic N) is 1. The molecule has 0 saturated carbocycles. The van der Waals surface area contributed by atoms with Crippen LogP contribution < -0.4 is 15.4 Å². The van der Waals surface area contributed by atoms with Crippen molar-refractivity contribution in [2.45, 2.75) is 32.4 Å². The lowest BCUT2D eigenvalue weighted by atomic mass is 9.92. The van der Waals surface area contributed by atoms with Crippen molar-refractivity contribution in [3.8, 4) is 5.75 Å². The first-order chi connectivity index (χ1) is 14.2. The Kier molecular flexibility index (Phi) is 6.00. The molecule has 1 fully saturated rings. The van der Waals surface area contributed by atoms with Crippen molar-refractivity contribution in [3.05, 3.63) is 59.7 Å². The Morgan fingerprint density at radius 2 is 1.83 bits per heavy atom. The second-order valence-corrected chi connectivity index (χ2v) is 6.91. The number of amides is 4. The second-order valence-electron chi connectivity index (χ2n) is 6.91. The number of carbonyl (C=O) groups excluding carboxylic acids is 3. The first kappa shape index (κ1) is 21.2. The largest absolute Gasteiger partial charge is 0.435 e. The van der Waals surface area contributed by atoms with E-state index >= 15 is 0 Å². The number of halogens is 2. The summed E-state index contributed by atoms with van der Waals surface area (Å²) >= 11 is 0. The minimum atomic E-state index is -2.97. The van der Waals surface area contributed by atoms with Crippen LogP contribution in [0.15, 0.2) is 48.5 Å². The Balaban J connectivity index is 1.73. The highest BCUT2D eigenvalue weighted by Crippen LogP contribution is 2.30. The van der Waals surface area contributed by atoms with Crippen molar-refractivity contribution in [1.29, 1.82) is 0 Å². The summed E-state index contributed by atoms with van der Waals surface area (Å²) < 4.78 is 28.9. The van der Waals surface area contributed by atoms with Gasteiger partial charge in [-0.1, -0.05) is 37.3 Å². The van der Waals surface area contributed by atoms with Crippen molar-refractivity contribution in [1.82, 2.24) is 10.2 Å². The molecule has 2 aromatic rings. The average Bonchev–Trinajstić information content (AvgIpc) is 2.92. The van der Waals surface area contributed by atoms with Crippen LogP contribution in [0.4, 0.5) is 19.3 Å². The number of anilines is 1. The van der Waals surface area contributed by atoms with Gasteiger partial charge in [0.05, 0.1) is 0 Å². The van der Waals surface area contributed by atoms with Gasteiger partial charge in [-0.2, -0.15) is 8.78 Å². The van der Waals surface area contributed by atoms with Crippen LogP contribution in [0.25, 0.3) is 0 Å². The van der Waals surface area contributed by atoms with Gasteiger partial charge in [0.25, 0.3) is 5.91 Å². The fourth-order valence-electron chi connectivity index (χ4n) is 3.29. The van der Waals surface area contributed by atoms with Gasteiger partial charge in [0.1, 0.15) is 17.8 Å². The quantitative estimate of drug-likeness (QED) is 0.677. The molecular formula is C21H21F2N3O4. The van der Waals surface area contributed by atoms with Gasteiger partial charge in [-0.15, -0.1) is 0 Å². The predicted octanol–water partition coefficient (Wildman–Crippen LogP) is 3.26. The van der Waals surface area contributed by atoms with Gasteiger partial charge < -0.3 is 15.4 Å². The Morgan fingerprint density at radius 3 is 2.47 bits per heavy atom. The number of para-hydroxylation sites is 1. The fourth-order valence-corrected chi connectivity index (χ4v) is 3.29. The molecule has 0 aliphatic carbocycles. The maximum Gasteiger partial charge on any atom is 0.387 e. The lowest BCUT2D eigenvalue weighted by molar-refractivity contribution is -0.133. The molecule has 1 saturated heterocycles. The number of nitrogens with one attached hydrogen (secondary N) is 2. The van der Waals surface area contributed by atoms with Gasteiger partial charge in [-0.25, -0.2) is 4.79 Å². The molecule has 1 aliphatic heterocycles. The van der Waals surface area contributed by atoms with Crippen molar-refractivity contribution >= 4 is 23.5 Å². The summed E-state index contributed by atoms with van der Waals surface area (Å²) in [6.07, 6.45) is 0.711. The van der Waals surface area contributed by atoms with Crippen LogP contribution >= 0.6 is 0 Å². The van der Waals surface area contributed by atoms with Crippen LogP contribution in [-0.2, 0) is 21.5 Å². The third-order valence-electron chi connectivity index (χ3n) is 4.91. The zero-order valence-electron chi connectivity index (χ0n) is 16.4. The molecule has 30 heavy (non-hydrogen) atoms. The van der Waals surface area contributed by atoms with E-state index in [0.717, 1.165) is 10.5 Å². The number of ether oxygens (including phenoxy) is 1. The zero-order chi connectivity index (χ0) is 21.9. The zero-order valence-corrected chi connectivity index (χ0v) is 16.4. The Hall–Kier alpha value is -3.49. The Bertz CT molecular complexity index is 965. The van der Waals surface area contributed by atoms with E-state index < -0.39 is 36.5 Å². The van der Waals surface area contributed by atoms with Crippen LogP contribution in [0, 0.1) is 0 Å². The third kappa shape index (κ3) is 4.24. The van der Waals surface area contributed by atoms with E-state index in [2.05, 4.69) is 15.4 Å². The monoisotopic (exact) mass is 417 g/mol. The minimum absolute atomic E-state index is 0.0695. The van der Waals surface area contributed by atoms with Crippen LogP contribution in [-0.4, -0.2) is 35.9 Å². The third-order valence-corrected chi connectivity index (χ3v) is 4.91. The number of alkyl halides is 2. The number of imide groups is 1. The molecule has 1 aliphatic rings. The molecule has 1 heterocycles. The molecular weight excluding hydrogens is 396 g/mol. The average molecular weight is 417 g/mol. The van der Waals surface area contributed by atoms with Crippen molar-refractivity contribution in [2.75, 3.05) is 11.9 Å². The molecule has 7 nitrogen and oxygen atoms in total. The summed E-state index contributed by atoms with van der Waals surface area (Å²) in [7, 11) is 0. The van der Waals surface area contributed by atoms with E-state index in [1.165, 1.54) is 31.2 Å². The number of rotatable bonds is 7. The van der Waals surface area contributed by atoms with Crippen LogP contribution in [0.3, 0.4) is 0 Å². The lowest BCUT2D eigenvalue weighted by Crippen LogP contribution is -2.42. The van der Waals surface area contributed by atoms with Gasteiger partial charge >= 0.3 is 12.6 Å². The molecule has 0 bridgehead atoms. The summed E-state index contributed by atoms with van der Waals surface area (Å²) in [5.74, 6) is -1.20. The topological polar surface area (TPSA) is 87.7 Å². The van der Waals surface area contributed by atoms with Crippen LogP contribution in [0.2, 0.25) is 0 Å². The maximum absolute atomic E-state index is 12.9. The normalized spacial score (nSPS) is 18.5. The molecule has 4 amide bonds. The highest BCUT2D eigenvalue weighted by molar-refractivity contribution is 6.10. The van der Waals surface area contributed by atoms with Gasteiger partial charge in [0.15, 0.2) is 0 Å². The van der Waals surface area contributed by atoms with Crippen molar-refractivity contribution < 1.29 is 27.9 Å². The molecule has 2 N–H and O–H groups in total. The van der Waals surface area contributed by atoms with E-state index in [0.29, 0.717) is 17.7 Å². The molecule has 2 aromatic carbocycles. The molecule has 1 atom stereocenters. The van der Waals surface area contributed by atoms with Gasteiger partial charge in [-0.05, 0) is 42.7 Å². The predicted molar refractivity (Wildman–Crippen MR) is 105 cm³/mol. The minimum Gasteiger partial charge on any atom is -0.435 e. The number of hydrogen-bond donors (Lipinski definition) is 2. The molecule has 9 heteroatoms. The molecule has 0 radical (unpaired) electrons. The van der Waals surface area contributed by atoms with E-state index in [1.54, 1.807) is 12.1 Å². The summed E-state index contributed by atoms with van der Waals surface area (Å²) in [4.78, 5) is 38.6. The lowest BCUT2D eigenvalue weighted by Gasteiger charge is -2.22. The molecule has 0 aromatic heterocycles. The SMILES string of the molecule is CCc1ccccc1NC(=O)CN1C(=O)N[C@@](C)(c2ccc(OC(F)F)cc2)C1=O. The van der Waals surface area contributed by atoms with Crippen molar-refractivity contribution in [2.24, 2.45) is 0 Å². The van der Waals surface area contributed by atoms with Gasteiger partial charge in [-0.3, -0.25) is 14.5 Å². The first-order valence-corrected chi connectivity index (χ1v) is 9.32. The van der Waals surface area contributed by atoms with Crippen molar-refractivity contribution in [3.63, 3.8) is 0 Å². The second kappa shape index (κ2) is 8.48. The fraction of sp³-hybridized carbons (Fsp3) is 0.286. The first-order valence-electron chi connectivity index (χ1n) is 9.32. The smallest absolute Gasteiger partial charge is 0.387 e. The van der Waals surface area contributed by atoms with E-state index in [1.807, 2.05) is 19.1 Å².